The molecule has 0 bridgehead atoms. The van der Waals surface area contributed by atoms with E-state index >= 15 is 0 Å². The molecule has 0 N–H and O–H groups in total. The summed E-state index contributed by atoms with van der Waals surface area (Å²) in [4.78, 5) is 0. The van der Waals surface area contributed by atoms with Crippen molar-refractivity contribution in [2.45, 2.75) is 51.2 Å². The van der Waals surface area contributed by atoms with Gasteiger partial charge in [0.05, 0.1) is 14.4 Å². The highest BCUT2D eigenvalue weighted by Gasteiger charge is 2.71. The maximum Gasteiger partial charge on any atom is 0.257 e. The molecule has 0 aromatic heterocycles. The quantitative estimate of drug-likeness (QED) is 0.480. The van der Waals surface area contributed by atoms with Crippen LogP contribution in [0.15, 0.2) is 45.3 Å². The number of para-hydroxylation sites is 2. The SMILES string of the molecule is CCCC1C[C@@]12Cc1cccc(Br)c1OC21CCc2cccc(Br)c2O1. The maximum absolute atomic E-state index is 6.77. The summed E-state index contributed by atoms with van der Waals surface area (Å²) in [6, 6.07) is 12.7. The average Bonchev–Trinajstić information content (AvgIpc) is 3.32. The van der Waals surface area contributed by atoms with Gasteiger partial charge in [-0.25, -0.2) is 0 Å². The van der Waals surface area contributed by atoms with E-state index in [0.717, 1.165) is 39.7 Å². The Morgan fingerprint density at radius 3 is 2.35 bits per heavy atom. The highest BCUT2D eigenvalue weighted by Crippen LogP contribution is 2.69. The second kappa shape index (κ2) is 6.00. The highest BCUT2D eigenvalue weighted by atomic mass is 79.9. The first-order valence-corrected chi connectivity index (χ1v) is 11.1. The van der Waals surface area contributed by atoms with E-state index in [4.69, 9.17) is 9.47 Å². The van der Waals surface area contributed by atoms with Crippen molar-refractivity contribution >= 4 is 31.9 Å². The molecule has 0 saturated heterocycles. The Labute approximate surface area is 171 Å². The molecule has 1 aliphatic carbocycles. The largest absolute Gasteiger partial charge is 0.450 e. The van der Waals surface area contributed by atoms with Crippen molar-refractivity contribution in [1.82, 2.24) is 0 Å². The maximum atomic E-state index is 6.77. The second-order valence-corrected chi connectivity index (χ2v) is 9.64. The van der Waals surface area contributed by atoms with Crippen LogP contribution in [-0.2, 0) is 12.8 Å². The van der Waals surface area contributed by atoms with Gasteiger partial charge in [0.15, 0.2) is 0 Å². The fourth-order valence-electron chi connectivity index (χ4n) is 5.14. The molecule has 26 heavy (non-hydrogen) atoms. The van der Waals surface area contributed by atoms with Gasteiger partial charge < -0.3 is 9.47 Å². The Bertz CT molecular complexity index is 876. The minimum Gasteiger partial charge on any atom is -0.450 e. The van der Waals surface area contributed by atoms with Gasteiger partial charge in [0.2, 0.25) is 0 Å². The van der Waals surface area contributed by atoms with Crippen LogP contribution in [0.25, 0.3) is 0 Å². The summed E-state index contributed by atoms with van der Waals surface area (Å²) in [5, 5.41) is 0. The van der Waals surface area contributed by atoms with Gasteiger partial charge in [-0.15, -0.1) is 0 Å². The first-order valence-electron chi connectivity index (χ1n) is 9.51. The molecule has 3 atom stereocenters. The fraction of sp³-hybridized carbons (Fsp3) is 0.455. The van der Waals surface area contributed by atoms with Crippen molar-refractivity contribution in [1.29, 1.82) is 0 Å². The van der Waals surface area contributed by atoms with E-state index in [9.17, 15) is 0 Å². The lowest BCUT2D eigenvalue weighted by molar-refractivity contribution is -0.194. The molecule has 2 aromatic carbocycles. The molecule has 3 aliphatic rings. The first kappa shape index (κ1) is 17.1. The normalized spacial score (nSPS) is 31.1. The van der Waals surface area contributed by atoms with E-state index in [1.165, 1.54) is 30.4 Å². The molecule has 5 rings (SSSR count). The number of benzene rings is 2. The van der Waals surface area contributed by atoms with Crippen molar-refractivity contribution in [2.75, 3.05) is 0 Å². The van der Waals surface area contributed by atoms with Gasteiger partial charge in [-0.3, -0.25) is 0 Å². The zero-order chi connectivity index (χ0) is 17.9. The zero-order valence-corrected chi connectivity index (χ0v) is 18.0. The third-order valence-corrected chi connectivity index (χ3v) is 7.74. The van der Waals surface area contributed by atoms with Gasteiger partial charge in [0.25, 0.3) is 5.79 Å². The van der Waals surface area contributed by atoms with Crippen molar-refractivity contribution in [3.8, 4) is 11.5 Å². The van der Waals surface area contributed by atoms with Crippen LogP contribution < -0.4 is 9.47 Å². The van der Waals surface area contributed by atoms with E-state index in [2.05, 4.69) is 75.2 Å². The minimum atomic E-state index is -0.555. The van der Waals surface area contributed by atoms with Crippen molar-refractivity contribution in [3.05, 3.63) is 56.5 Å². The number of hydrogen-bond acceptors (Lipinski definition) is 2. The number of rotatable bonds is 2. The molecule has 1 saturated carbocycles. The summed E-state index contributed by atoms with van der Waals surface area (Å²) < 4.78 is 15.6. The number of hydrogen-bond donors (Lipinski definition) is 0. The van der Waals surface area contributed by atoms with Crippen LogP contribution in [0.5, 0.6) is 11.5 Å². The minimum absolute atomic E-state index is 0.101. The summed E-state index contributed by atoms with van der Waals surface area (Å²) >= 11 is 7.38. The smallest absolute Gasteiger partial charge is 0.257 e. The molecule has 2 heterocycles. The Hall–Kier alpha value is -1.00. The van der Waals surface area contributed by atoms with Crippen LogP contribution in [0.4, 0.5) is 0 Å². The van der Waals surface area contributed by atoms with Crippen LogP contribution >= 0.6 is 31.9 Å². The lowest BCUT2D eigenvalue weighted by atomic mass is 9.78. The molecular weight excluding hydrogens is 456 g/mol. The van der Waals surface area contributed by atoms with Gasteiger partial charge >= 0.3 is 0 Å². The zero-order valence-electron chi connectivity index (χ0n) is 14.9. The predicted octanol–water partition coefficient (Wildman–Crippen LogP) is 6.67. The molecule has 0 amide bonds. The first-order chi connectivity index (χ1) is 12.6. The van der Waals surface area contributed by atoms with Gasteiger partial charge in [-0.05, 0) is 86.7 Å². The number of fused-ring (bicyclic) bond motifs is 3. The van der Waals surface area contributed by atoms with Gasteiger partial charge in [0, 0.05) is 6.42 Å². The summed E-state index contributed by atoms with van der Waals surface area (Å²) in [5.74, 6) is 2.07. The van der Waals surface area contributed by atoms with E-state index < -0.39 is 5.79 Å². The molecule has 4 heteroatoms. The number of ether oxygens (including phenoxy) is 2. The predicted molar refractivity (Wildman–Crippen MR) is 110 cm³/mol. The highest BCUT2D eigenvalue weighted by molar-refractivity contribution is 9.10. The molecular formula is C22H22Br2O2. The second-order valence-electron chi connectivity index (χ2n) is 7.94. The topological polar surface area (TPSA) is 18.5 Å². The number of aryl methyl sites for hydroxylation is 1. The van der Waals surface area contributed by atoms with Crippen LogP contribution in [0.3, 0.4) is 0 Å². The van der Waals surface area contributed by atoms with Crippen LogP contribution in [-0.4, -0.2) is 5.79 Å². The van der Waals surface area contributed by atoms with Crippen LogP contribution in [0.1, 0.15) is 43.7 Å². The Balaban J connectivity index is 1.62. The Morgan fingerprint density at radius 2 is 1.65 bits per heavy atom. The van der Waals surface area contributed by atoms with Crippen LogP contribution in [0.2, 0.25) is 0 Å². The number of halogens is 2. The molecule has 2 aliphatic heterocycles. The average molecular weight is 478 g/mol. The Morgan fingerprint density at radius 1 is 1.00 bits per heavy atom. The van der Waals surface area contributed by atoms with Crippen molar-refractivity contribution < 1.29 is 9.47 Å². The lowest BCUT2D eigenvalue weighted by Gasteiger charge is -2.48. The molecule has 2 spiro atoms. The lowest BCUT2D eigenvalue weighted by Crippen LogP contribution is -2.56. The third-order valence-electron chi connectivity index (χ3n) is 6.49. The molecule has 2 nitrogen and oxygen atoms in total. The van der Waals surface area contributed by atoms with Gasteiger partial charge in [-0.1, -0.05) is 37.6 Å². The van der Waals surface area contributed by atoms with E-state index in [0.29, 0.717) is 5.92 Å². The van der Waals surface area contributed by atoms with Gasteiger partial charge in [-0.2, -0.15) is 0 Å². The molecule has 136 valence electrons. The third kappa shape index (κ3) is 2.34. The molecule has 2 aromatic rings. The summed E-state index contributed by atoms with van der Waals surface area (Å²) in [5.41, 5.74) is 2.68. The van der Waals surface area contributed by atoms with E-state index in [1.54, 1.807) is 0 Å². The van der Waals surface area contributed by atoms with Gasteiger partial charge in [0.1, 0.15) is 11.5 Å². The molecule has 0 radical (unpaired) electrons. The van der Waals surface area contributed by atoms with E-state index in [1.807, 2.05) is 0 Å². The fourth-order valence-corrected chi connectivity index (χ4v) is 6.12. The Kier molecular flexibility index (Phi) is 3.95. The van der Waals surface area contributed by atoms with Crippen molar-refractivity contribution in [2.24, 2.45) is 11.3 Å². The standard InChI is InChI=1S/C22H22Br2O2/c1-2-5-16-13-21(16)12-15-7-4-9-18(24)20(15)26-22(21)11-10-14-6-3-8-17(23)19(14)25-22/h3-4,6-9,16H,2,5,10-13H2,1H3/t16?,21-,22?/m0/s1. The molecule has 2 unspecified atom stereocenters. The van der Waals surface area contributed by atoms with Crippen LogP contribution in [0, 0.1) is 11.3 Å². The molecule has 1 fully saturated rings. The van der Waals surface area contributed by atoms with E-state index in [-0.39, 0.29) is 5.41 Å². The summed E-state index contributed by atoms with van der Waals surface area (Å²) in [7, 11) is 0. The summed E-state index contributed by atoms with van der Waals surface area (Å²) in [6.45, 7) is 2.28. The summed E-state index contributed by atoms with van der Waals surface area (Å²) in [6.07, 6.45) is 6.63. The van der Waals surface area contributed by atoms with Crippen molar-refractivity contribution in [3.63, 3.8) is 0 Å². The monoisotopic (exact) mass is 476 g/mol.